The zero-order valence-electron chi connectivity index (χ0n) is 6.58. The Morgan fingerprint density at radius 3 is 3.08 bits per heavy atom. The molecule has 0 amide bonds. The summed E-state index contributed by atoms with van der Waals surface area (Å²) >= 11 is 3.43. The number of halogens is 1. The first-order chi connectivity index (χ1) is 5.70. The van der Waals surface area contributed by atoms with Crippen molar-refractivity contribution in [3.8, 4) is 0 Å². The topological polar surface area (TPSA) is 43.3 Å². The number of anilines is 1. The van der Waals surface area contributed by atoms with E-state index in [4.69, 9.17) is 5.73 Å². The number of imidazole rings is 1. The standard InChI is InChI=1S/C8H8BrN3/c1-5-6(9)2-3-12-7(10)4-11-8(5)12/h2-4H,10H2,1H3. The van der Waals surface area contributed by atoms with Crippen molar-refractivity contribution in [2.45, 2.75) is 6.92 Å². The molecule has 0 atom stereocenters. The molecule has 4 heteroatoms. The number of rotatable bonds is 0. The Bertz CT molecular complexity index is 433. The third-order valence-corrected chi connectivity index (χ3v) is 2.75. The van der Waals surface area contributed by atoms with E-state index < -0.39 is 0 Å². The van der Waals surface area contributed by atoms with Gasteiger partial charge < -0.3 is 5.73 Å². The summed E-state index contributed by atoms with van der Waals surface area (Å²) in [5.41, 5.74) is 7.69. The number of pyridine rings is 1. The van der Waals surface area contributed by atoms with Crippen LogP contribution in [0.1, 0.15) is 5.56 Å². The van der Waals surface area contributed by atoms with Gasteiger partial charge in [0, 0.05) is 16.2 Å². The van der Waals surface area contributed by atoms with Gasteiger partial charge in [0.25, 0.3) is 0 Å². The summed E-state index contributed by atoms with van der Waals surface area (Å²) in [6.07, 6.45) is 3.56. The van der Waals surface area contributed by atoms with Gasteiger partial charge in [0.1, 0.15) is 11.5 Å². The van der Waals surface area contributed by atoms with Gasteiger partial charge in [-0.25, -0.2) is 4.98 Å². The van der Waals surface area contributed by atoms with Crippen molar-refractivity contribution in [3.63, 3.8) is 0 Å². The largest absolute Gasteiger partial charge is 0.383 e. The molecule has 0 saturated carbocycles. The van der Waals surface area contributed by atoms with Gasteiger partial charge in [-0.1, -0.05) is 15.9 Å². The summed E-state index contributed by atoms with van der Waals surface area (Å²) in [5, 5.41) is 0. The summed E-state index contributed by atoms with van der Waals surface area (Å²) < 4.78 is 2.92. The third-order valence-electron chi connectivity index (χ3n) is 1.89. The fraction of sp³-hybridized carbons (Fsp3) is 0.125. The van der Waals surface area contributed by atoms with Crippen LogP contribution in [0.4, 0.5) is 5.82 Å². The van der Waals surface area contributed by atoms with Crippen molar-refractivity contribution < 1.29 is 0 Å². The van der Waals surface area contributed by atoms with Crippen molar-refractivity contribution >= 4 is 27.4 Å². The van der Waals surface area contributed by atoms with Gasteiger partial charge in [0.15, 0.2) is 0 Å². The van der Waals surface area contributed by atoms with Crippen LogP contribution in [0.15, 0.2) is 22.9 Å². The van der Waals surface area contributed by atoms with Crippen LogP contribution in [0.5, 0.6) is 0 Å². The van der Waals surface area contributed by atoms with Gasteiger partial charge in [0.2, 0.25) is 0 Å². The fourth-order valence-corrected chi connectivity index (χ4v) is 1.48. The highest BCUT2D eigenvalue weighted by Gasteiger charge is 2.04. The number of hydrogen-bond donors (Lipinski definition) is 1. The van der Waals surface area contributed by atoms with E-state index in [1.54, 1.807) is 6.20 Å². The van der Waals surface area contributed by atoms with Gasteiger partial charge in [-0.05, 0) is 13.0 Å². The Hall–Kier alpha value is -1.03. The van der Waals surface area contributed by atoms with Crippen LogP contribution in [0.3, 0.4) is 0 Å². The molecule has 0 fully saturated rings. The molecular formula is C8H8BrN3. The lowest BCUT2D eigenvalue weighted by Gasteiger charge is -2.00. The van der Waals surface area contributed by atoms with Gasteiger partial charge >= 0.3 is 0 Å². The molecule has 12 heavy (non-hydrogen) atoms. The number of fused-ring (bicyclic) bond motifs is 1. The highest BCUT2D eigenvalue weighted by atomic mass is 79.9. The van der Waals surface area contributed by atoms with E-state index in [9.17, 15) is 0 Å². The molecule has 0 bridgehead atoms. The Morgan fingerprint density at radius 1 is 1.58 bits per heavy atom. The molecule has 0 unspecified atom stereocenters. The summed E-state index contributed by atoms with van der Waals surface area (Å²) in [6, 6.07) is 1.96. The van der Waals surface area contributed by atoms with Gasteiger partial charge in [0.05, 0.1) is 6.20 Å². The molecule has 0 aliphatic heterocycles. The van der Waals surface area contributed by atoms with Gasteiger partial charge in [-0.2, -0.15) is 0 Å². The predicted octanol–water partition coefficient (Wildman–Crippen LogP) is 1.99. The lowest BCUT2D eigenvalue weighted by molar-refractivity contribution is 1.16. The third kappa shape index (κ3) is 0.914. The monoisotopic (exact) mass is 225 g/mol. The molecule has 0 spiro atoms. The van der Waals surface area contributed by atoms with E-state index in [1.807, 2.05) is 23.6 Å². The van der Waals surface area contributed by atoms with E-state index in [2.05, 4.69) is 20.9 Å². The minimum Gasteiger partial charge on any atom is -0.383 e. The Morgan fingerprint density at radius 2 is 2.33 bits per heavy atom. The van der Waals surface area contributed by atoms with Crippen molar-refractivity contribution in [2.24, 2.45) is 0 Å². The highest BCUT2D eigenvalue weighted by Crippen LogP contribution is 2.20. The highest BCUT2D eigenvalue weighted by molar-refractivity contribution is 9.10. The van der Waals surface area contributed by atoms with Crippen LogP contribution in [-0.2, 0) is 0 Å². The zero-order chi connectivity index (χ0) is 8.72. The average Bonchev–Trinajstić information content (AvgIpc) is 2.41. The summed E-state index contributed by atoms with van der Waals surface area (Å²) in [4.78, 5) is 4.19. The first kappa shape index (κ1) is 7.61. The molecule has 2 aromatic rings. The maximum Gasteiger partial charge on any atom is 0.142 e. The van der Waals surface area contributed by atoms with Crippen LogP contribution in [0, 0.1) is 6.92 Å². The van der Waals surface area contributed by atoms with E-state index in [0.717, 1.165) is 15.7 Å². The molecule has 0 aromatic carbocycles. The Labute approximate surface area is 78.3 Å². The molecule has 2 aromatic heterocycles. The lowest BCUT2D eigenvalue weighted by atomic mass is 10.3. The number of nitrogens with two attached hydrogens (primary N) is 1. The maximum absolute atomic E-state index is 5.68. The van der Waals surface area contributed by atoms with Gasteiger partial charge in [-0.15, -0.1) is 0 Å². The molecule has 0 radical (unpaired) electrons. The minimum absolute atomic E-state index is 0.667. The van der Waals surface area contributed by atoms with Crippen LogP contribution in [0.2, 0.25) is 0 Å². The van der Waals surface area contributed by atoms with Gasteiger partial charge in [-0.3, -0.25) is 4.40 Å². The molecule has 3 nitrogen and oxygen atoms in total. The minimum atomic E-state index is 0.667. The Kier molecular flexibility index (Phi) is 1.58. The second-order valence-electron chi connectivity index (χ2n) is 2.67. The molecule has 0 aliphatic rings. The number of nitrogen functional groups attached to an aromatic ring is 1. The fourth-order valence-electron chi connectivity index (χ4n) is 1.18. The maximum atomic E-state index is 5.68. The lowest BCUT2D eigenvalue weighted by Crippen LogP contribution is -1.93. The van der Waals surface area contributed by atoms with E-state index in [1.165, 1.54) is 0 Å². The second kappa shape index (κ2) is 2.48. The van der Waals surface area contributed by atoms with Crippen LogP contribution in [0.25, 0.3) is 5.65 Å². The van der Waals surface area contributed by atoms with Crippen LogP contribution in [-0.4, -0.2) is 9.38 Å². The first-order valence-corrected chi connectivity index (χ1v) is 4.37. The first-order valence-electron chi connectivity index (χ1n) is 3.58. The number of nitrogens with zero attached hydrogens (tertiary/aromatic N) is 2. The Balaban J connectivity index is 2.93. The molecule has 0 aliphatic carbocycles. The van der Waals surface area contributed by atoms with Crippen molar-refractivity contribution in [1.82, 2.24) is 9.38 Å². The summed E-state index contributed by atoms with van der Waals surface area (Å²) in [5.74, 6) is 0.667. The molecule has 62 valence electrons. The molecular weight excluding hydrogens is 218 g/mol. The number of aromatic nitrogens is 2. The number of hydrogen-bond acceptors (Lipinski definition) is 2. The predicted molar refractivity (Wildman–Crippen MR) is 52.0 cm³/mol. The summed E-state index contributed by atoms with van der Waals surface area (Å²) in [7, 11) is 0. The molecule has 2 heterocycles. The zero-order valence-corrected chi connectivity index (χ0v) is 8.17. The molecule has 2 N–H and O–H groups in total. The molecule has 2 rings (SSSR count). The van der Waals surface area contributed by atoms with E-state index in [0.29, 0.717) is 5.82 Å². The second-order valence-corrected chi connectivity index (χ2v) is 3.52. The van der Waals surface area contributed by atoms with Crippen LogP contribution < -0.4 is 5.73 Å². The quantitative estimate of drug-likeness (QED) is 0.746. The summed E-state index contributed by atoms with van der Waals surface area (Å²) in [6.45, 7) is 2.01. The van der Waals surface area contributed by atoms with Crippen molar-refractivity contribution in [3.05, 3.63) is 28.5 Å². The van der Waals surface area contributed by atoms with Crippen molar-refractivity contribution in [1.29, 1.82) is 0 Å². The normalized spacial score (nSPS) is 10.8. The van der Waals surface area contributed by atoms with E-state index >= 15 is 0 Å². The van der Waals surface area contributed by atoms with E-state index in [-0.39, 0.29) is 0 Å². The SMILES string of the molecule is Cc1c(Br)ccn2c(N)cnc12. The average molecular weight is 226 g/mol. The smallest absolute Gasteiger partial charge is 0.142 e. The molecule has 0 saturated heterocycles. The van der Waals surface area contributed by atoms with Crippen LogP contribution >= 0.6 is 15.9 Å². The van der Waals surface area contributed by atoms with Crippen molar-refractivity contribution in [2.75, 3.05) is 5.73 Å². The number of aryl methyl sites for hydroxylation is 1.